The van der Waals surface area contributed by atoms with Gasteiger partial charge in [-0.1, -0.05) is 18.2 Å². The molecular formula is C20H23N5O. The molecule has 0 bridgehead atoms. The fraction of sp³-hybridized carbons (Fsp3) is 0.350. The minimum Gasteiger partial charge on any atom is -0.339 e. The van der Waals surface area contributed by atoms with Crippen molar-refractivity contribution in [2.45, 2.75) is 13.0 Å². The fourth-order valence-electron chi connectivity index (χ4n) is 3.39. The van der Waals surface area contributed by atoms with Crippen molar-refractivity contribution in [1.29, 1.82) is 0 Å². The van der Waals surface area contributed by atoms with E-state index in [2.05, 4.69) is 27.1 Å². The first-order chi connectivity index (χ1) is 12.8. The number of nitrogens with zero attached hydrogens (tertiary/aromatic N) is 5. The second-order valence-corrected chi connectivity index (χ2v) is 6.71. The highest BCUT2D eigenvalue weighted by molar-refractivity contribution is 5.79. The summed E-state index contributed by atoms with van der Waals surface area (Å²) in [6.45, 7) is 4.77. The largest absolute Gasteiger partial charge is 0.339 e. The third-order valence-corrected chi connectivity index (χ3v) is 4.95. The first-order valence-corrected chi connectivity index (χ1v) is 9.09. The molecule has 6 heteroatoms. The monoisotopic (exact) mass is 349 g/mol. The average molecular weight is 349 g/mol. The molecule has 0 aliphatic carbocycles. The van der Waals surface area contributed by atoms with Crippen LogP contribution in [0.4, 0.5) is 0 Å². The molecule has 1 saturated heterocycles. The van der Waals surface area contributed by atoms with Gasteiger partial charge in [-0.15, -0.1) is 0 Å². The Balaban J connectivity index is 1.26. The van der Waals surface area contributed by atoms with Gasteiger partial charge < -0.3 is 4.90 Å². The standard InChI is InChI=1S/C20H23N5O/c26-20(16-25-15-18-3-1-2-4-19(18)22-25)24-13-11-23(12-14-24)10-7-17-5-8-21-9-6-17/h1-6,8-9,15H,7,10-14,16H2. The summed E-state index contributed by atoms with van der Waals surface area (Å²) >= 11 is 0. The summed E-state index contributed by atoms with van der Waals surface area (Å²) in [5.74, 6) is 0.145. The Labute approximate surface area is 153 Å². The summed E-state index contributed by atoms with van der Waals surface area (Å²) in [6.07, 6.45) is 6.64. The van der Waals surface area contributed by atoms with Crippen LogP contribution in [0.2, 0.25) is 0 Å². The Morgan fingerprint density at radius 2 is 1.77 bits per heavy atom. The molecule has 1 aliphatic rings. The van der Waals surface area contributed by atoms with Crippen molar-refractivity contribution in [3.8, 4) is 0 Å². The quantitative estimate of drug-likeness (QED) is 0.705. The molecule has 3 aromatic rings. The predicted molar refractivity (Wildman–Crippen MR) is 101 cm³/mol. The van der Waals surface area contributed by atoms with Crippen molar-refractivity contribution >= 4 is 16.8 Å². The molecule has 0 radical (unpaired) electrons. The van der Waals surface area contributed by atoms with Crippen LogP contribution < -0.4 is 0 Å². The summed E-state index contributed by atoms with van der Waals surface area (Å²) in [5.41, 5.74) is 2.24. The number of rotatable bonds is 5. The van der Waals surface area contributed by atoms with Crippen molar-refractivity contribution in [3.05, 3.63) is 60.6 Å². The average Bonchev–Trinajstić information content (AvgIpc) is 3.10. The first-order valence-electron chi connectivity index (χ1n) is 9.09. The van der Waals surface area contributed by atoms with Gasteiger partial charge in [-0.3, -0.25) is 19.4 Å². The van der Waals surface area contributed by atoms with E-state index in [1.165, 1.54) is 5.56 Å². The number of benzene rings is 1. The molecule has 0 saturated carbocycles. The smallest absolute Gasteiger partial charge is 0.244 e. The third-order valence-electron chi connectivity index (χ3n) is 4.95. The molecule has 1 amide bonds. The summed E-state index contributed by atoms with van der Waals surface area (Å²) in [5, 5.41) is 5.55. The molecule has 3 heterocycles. The van der Waals surface area contributed by atoms with Crippen LogP contribution in [0.5, 0.6) is 0 Å². The number of hydrogen-bond acceptors (Lipinski definition) is 4. The molecule has 1 aromatic carbocycles. The second-order valence-electron chi connectivity index (χ2n) is 6.71. The molecule has 0 spiro atoms. The lowest BCUT2D eigenvalue weighted by Crippen LogP contribution is -2.49. The van der Waals surface area contributed by atoms with Crippen molar-refractivity contribution in [1.82, 2.24) is 24.6 Å². The highest BCUT2D eigenvalue weighted by Gasteiger charge is 2.21. The van der Waals surface area contributed by atoms with Crippen LogP contribution in [0.3, 0.4) is 0 Å². The number of hydrogen-bond donors (Lipinski definition) is 0. The lowest BCUT2D eigenvalue weighted by Gasteiger charge is -2.34. The molecule has 0 N–H and O–H groups in total. The zero-order chi connectivity index (χ0) is 17.8. The van der Waals surface area contributed by atoms with Gasteiger partial charge in [-0.05, 0) is 30.2 Å². The van der Waals surface area contributed by atoms with Gasteiger partial charge in [-0.2, -0.15) is 5.10 Å². The minimum atomic E-state index is 0.145. The summed E-state index contributed by atoms with van der Waals surface area (Å²) in [4.78, 5) is 21.0. The number of pyridine rings is 1. The molecule has 1 aliphatic heterocycles. The zero-order valence-electron chi connectivity index (χ0n) is 14.8. The molecule has 2 aromatic heterocycles. The molecule has 0 unspecified atom stereocenters. The van der Waals surface area contributed by atoms with Gasteiger partial charge in [0.15, 0.2) is 0 Å². The van der Waals surface area contributed by atoms with E-state index in [9.17, 15) is 4.79 Å². The van der Waals surface area contributed by atoms with Crippen molar-refractivity contribution in [3.63, 3.8) is 0 Å². The van der Waals surface area contributed by atoms with E-state index in [1.807, 2.05) is 47.8 Å². The SMILES string of the molecule is O=C(Cn1cc2ccccc2n1)N1CCN(CCc2ccncc2)CC1. The van der Waals surface area contributed by atoms with E-state index >= 15 is 0 Å². The first kappa shape index (κ1) is 16.7. The highest BCUT2D eigenvalue weighted by Crippen LogP contribution is 2.11. The topological polar surface area (TPSA) is 54.3 Å². The Kier molecular flexibility index (Phi) is 4.93. The van der Waals surface area contributed by atoms with Gasteiger partial charge in [0.1, 0.15) is 6.54 Å². The zero-order valence-corrected chi connectivity index (χ0v) is 14.8. The van der Waals surface area contributed by atoms with Crippen LogP contribution in [0.1, 0.15) is 5.56 Å². The fourth-order valence-corrected chi connectivity index (χ4v) is 3.39. The summed E-state index contributed by atoms with van der Waals surface area (Å²) in [6, 6.07) is 12.1. The van der Waals surface area contributed by atoms with Crippen LogP contribution in [0.15, 0.2) is 55.0 Å². The Bertz CT molecular complexity index is 835. The van der Waals surface area contributed by atoms with Gasteiger partial charge in [0.25, 0.3) is 0 Å². The van der Waals surface area contributed by atoms with Crippen LogP contribution in [-0.4, -0.2) is 63.2 Å². The number of amides is 1. The van der Waals surface area contributed by atoms with Crippen molar-refractivity contribution in [2.24, 2.45) is 0 Å². The van der Waals surface area contributed by atoms with Crippen LogP contribution in [0, 0.1) is 0 Å². The maximum absolute atomic E-state index is 12.6. The van der Waals surface area contributed by atoms with Crippen LogP contribution in [-0.2, 0) is 17.8 Å². The van der Waals surface area contributed by atoms with Gasteiger partial charge >= 0.3 is 0 Å². The number of fused-ring (bicyclic) bond motifs is 1. The Morgan fingerprint density at radius 1 is 1.00 bits per heavy atom. The maximum Gasteiger partial charge on any atom is 0.244 e. The molecule has 4 rings (SSSR count). The van der Waals surface area contributed by atoms with Gasteiger partial charge in [0.2, 0.25) is 5.91 Å². The maximum atomic E-state index is 12.6. The van der Waals surface area contributed by atoms with E-state index < -0.39 is 0 Å². The van der Waals surface area contributed by atoms with E-state index in [0.717, 1.165) is 50.0 Å². The lowest BCUT2D eigenvalue weighted by molar-refractivity contribution is -0.133. The van der Waals surface area contributed by atoms with E-state index in [-0.39, 0.29) is 5.91 Å². The Morgan fingerprint density at radius 3 is 2.54 bits per heavy atom. The number of piperazine rings is 1. The number of carbonyl (C=O) groups excluding carboxylic acids is 1. The van der Waals surface area contributed by atoms with Gasteiger partial charge in [0, 0.05) is 56.7 Å². The third kappa shape index (κ3) is 3.91. The second kappa shape index (κ2) is 7.66. The molecular weight excluding hydrogens is 326 g/mol. The minimum absolute atomic E-state index is 0.145. The van der Waals surface area contributed by atoms with Crippen LogP contribution in [0.25, 0.3) is 10.9 Å². The molecule has 1 fully saturated rings. The molecule has 134 valence electrons. The predicted octanol–water partition coefficient (Wildman–Crippen LogP) is 1.82. The van der Waals surface area contributed by atoms with Crippen LogP contribution >= 0.6 is 0 Å². The van der Waals surface area contributed by atoms with Crippen molar-refractivity contribution < 1.29 is 4.79 Å². The van der Waals surface area contributed by atoms with E-state index in [1.54, 1.807) is 4.68 Å². The Hall–Kier alpha value is -2.73. The summed E-state index contributed by atoms with van der Waals surface area (Å²) < 4.78 is 1.75. The van der Waals surface area contributed by atoms with Gasteiger partial charge in [-0.25, -0.2) is 0 Å². The van der Waals surface area contributed by atoms with E-state index in [0.29, 0.717) is 6.54 Å². The lowest BCUT2D eigenvalue weighted by atomic mass is 10.2. The normalized spacial score (nSPS) is 15.5. The molecule has 0 atom stereocenters. The molecule has 26 heavy (non-hydrogen) atoms. The number of carbonyl (C=O) groups is 1. The molecule has 6 nitrogen and oxygen atoms in total. The summed E-state index contributed by atoms with van der Waals surface area (Å²) in [7, 11) is 0. The number of aromatic nitrogens is 3. The van der Waals surface area contributed by atoms with E-state index in [4.69, 9.17) is 0 Å². The van der Waals surface area contributed by atoms with Gasteiger partial charge in [0.05, 0.1) is 5.52 Å². The van der Waals surface area contributed by atoms with Crippen molar-refractivity contribution in [2.75, 3.05) is 32.7 Å². The highest BCUT2D eigenvalue weighted by atomic mass is 16.2.